The van der Waals surface area contributed by atoms with Crippen molar-refractivity contribution in [2.45, 2.75) is 96.2 Å². The maximum Gasteiger partial charge on any atom is 0.303 e. The van der Waals surface area contributed by atoms with Gasteiger partial charge < -0.3 is 33.2 Å². The summed E-state index contributed by atoms with van der Waals surface area (Å²) in [7, 11) is 0. The molecule has 1 spiro atoms. The molecule has 2 heterocycles. The average Bonchev–Trinajstić information content (AvgIpc) is 3.47. The third-order valence-corrected chi connectivity index (χ3v) is 9.30. The summed E-state index contributed by atoms with van der Waals surface area (Å²) in [4.78, 5) is 63.8. The standard InChI is InChI=1S/C28H36O12/c1-16(29)36-14-26-23(39-18(3)31)22(33)25(6,40-19(4)32)24(5,10-7-20-9-12-35-13-20)28(26,34)11-8-21(38-17(2)30)27(26)15-37-27/h9,12-13,21,23,34H,7-8,10-11,14-15H2,1-6H3/t21-,23-,24-,25-,26-,27+,28-/m0/s1. The number of ketones is 1. The van der Waals surface area contributed by atoms with E-state index in [1.165, 1.54) is 26.4 Å². The number of fused-ring (bicyclic) bond motifs is 2. The molecule has 0 aromatic carbocycles. The fourth-order valence-electron chi connectivity index (χ4n) is 7.23. The quantitative estimate of drug-likeness (QED) is 0.277. The number of epoxide rings is 1. The zero-order valence-electron chi connectivity index (χ0n) is 23.6. The van der Waals surface area contributed by atoms with Gasteiger partial charge in [0.1, 0.15) is 23.7 Å². The van der Waals surface area contributed by atoms with Gasteiger partial charge in [-0.25, -0.2) is 0 Å². The lowest BCUT2D eigenvalue weighted by molar-refractivity contribution is -0.329. The van der Waals surface area contributed by atoms with Gasteiger partial charge in [0.05, 0.1) is 24.7 Å². The number of Topliss-reactive ketones (excluding diaryl/α,β-unsaturated/α-hetero) is 1. The molecule has 1 aromatic rings. The molecule has 40 heavy (non-hydrogen) atoms. The topological polar surface area (TPSA) is 168 Å². The van der Waals surface area contributed by atoms with Crippen LogP contribution in [0, 0.1) is 10.8 Å². The van der Waals surface area contributed by atoms with E-state index in [4.69, 9.17) is 28.1 Å². The van der Waals surface area contributed by atoms with Gasteiger partial charge in [-0.2, -0.15) is 0 Å². The number of carbonyl (C=O) groups is 5. The highest BCUT2D eigenvalue weighted by atomic mass is 16.6. The lowest BCUT2D eigenvalue weighted by atomic mass is 9.38. The highest BCUT2D eigenvalue weighted by Crippen LogP contribution is 2.72. The van der Waals surface area contributed by atoms with Gasteiger partial charge in [-0.1, -0.05) is 6.92 Å². The van der Waals surface area contributed by atoms with Crippen LogP contribution >= 0.6 is 0 Å². The molecule has 1 N–H and O–H groups in total. The number of rotatable bonds is 8. The highest BCUT2D eigenvalue weighted by molar-refractivity contribution is 5.97. The summed E-state index contributed by atoms with van der Waals surface area (Å²) in [5.74, 6) is -3.80. The van der Waals surface area contributed by atoms with E-state index in [-0.39, 0.29) is 25.9 Å². The molecule has 1 aromatic heterocycles. The number of hydrogen-bond donors (Lipinski definition) is 1. The largest absolute Gasteiger partial charge is 0.472 e. The zero-order chi connectivity index (χ0) is 29.7. The molecule has 220 valence electrons. The monoisotopic (exact) mass is 564 g/mol. The Labute approximate surface area is 231 Å². The van der Waals surface area contributed by atoms with Gasteiger partial charge in [0, 0.05) is 33.1 Å². The molecule has 4 rings (SSSR count). The van der Waals surface area contributed by atoms with Crippen molar-refractivity contribution < 1.29 is 57.2 Å². The van der Waals surface area contributed by atoms with Crippen LogP contribution in [0.2, 0.25) is 0 Å². The van der Waals surface area contributed by atoms with E-state index in [2.05, 4.69) is 0 Å². The first-order chi connectivity index (χ1) is 18.6. The van der Waals surface area contributed by atoms with E-state index in [9.17, 15) is 29.1 Å². The zero-order valence-corrected chi connectivity index (χ0v) is 23.6. The van der Waals surface area contributed by atoms with Gasteiger partial charge in [-0.3, -0.25) is 24.0 Å². The lowest BCUT2D eigenvalue weighted by Gasteiger charge is -2.69. The Bertz CT molecular complexity index is 1200. The third kappa shape index (κ3) is 4.14. The van der Waals surface area contributed by atoms with Crippen LogP contribution in [0.3, 0.4) is 0 Å². The molecule has 3 fully saturated rings. The van der Waals surface area contributed by atoms with Crippen molar-refractivity contribution in [3.63, 3.8) is 0 Å². The molecule has 2 aliphatic carbocycles. The number of ether oxygens (including phenoxy) is 5. The first-order valence-corrected chi connectivity index (χ1v) is 13.2. The lowest BCUT2D eigenvalue weighted by Crippen LogP contribution is -2.86. The summed E-state index contributed by atoms with van der Waals surface area (Å²) in [6.45, 7) is 6.96. The second-order valence-corrected chi connectivity index (χ2v) is 11.4. The molecular formula is C28H36O12. The predicted octanol–water partition coefficient (Wildman–Crippen LogP) is 1.83. The molecule has 1 saturated heterocycles. The van der Waals surface area contributed by atoms with Crippen molar-refractivity contribution in [3.05, 3.63) is 24.2 Å². The molecule has 2 saturated carbocycles. The summed E-state index contributed by atoms with van der Waals surface area (Å²) < 4.78 is 33.7. The van der Waals surface area contributed by atoms with Gasteiger partial charge in [0.25, 0.3) is 0 Å². The maximum atomic E-state index is 14.6. The van der Waals surface area contributed by atoms with Crippen LogP contribution in [0.25, 0.3) is 0 Å². The third-order valence-electron chi connectivity index (χ3n) is 9.30. The minimum atomic E-state index is -2.02. The van der Waals surface area contributed by atoms with Crippen molar-refractivity contribution in [3.8, 4) is 0 Å². The van der Waals surface area contributed by atoms with Crippen LogP contribution in [0.1, 0.15) is 66.4 Å². The normalized spacial score (nSPS) is 38.2. The minimum absolute atomic E-state index is 0.0817. The molecule has 0 amide bonds. The Morgan fingerprint density at radius 3 is 2.17 bits per heavy atom. The van der Waals surface area contributed by atoms with Crippen LogP contribution in [-0.2, 0) is 54.1 Å². The van der Waals surface area contributed by atoms with Crippen LogP contribution in [0.4, 0.5) is 0 Å². The smallest absolute Gasteiger partial charge is 0.303 e. The van der Waals surface area contributed by atoms with Crippen molar-refractivity contribution in [1.82, 2.24) is 0 Å². The predicted molar refractivity (Wildman–Crippen MR) is 133 cm³/mol. The van der Waals surface area contributed by atoms with Crippen molar-refractivity contribution in [2.24, 2.45) is 10.8 Å². The summed E-state index contributed by atoms with van der Waals surface area (Å²) in [5, 5.41) is 13.1. The van der Waals surface area contributed by atoms with E-state index < -0.39 is 76.1 Å². The van der Waals surface area contributed by atoms with Crippen LogP contribution in [0.15, 0.2) is 23.0 Å². The van der Waals surface area contributed by atoms with Crippen molar-refractivity contribution in [2.75, 3.05) is 13.2 Å². The second-order valence-electron chi connectivity index (χ2n) is 11.4. The van der Waals surface area contributed by atoms with Gasteiger partial charge in [-0.05, 0) is 44.2 Å². The number of carbonyl (C=O) groups excluding carboxylic acids is 5. The summed E-state index contributed by atoms with van der Waals surface area (Å²) in [6, 6.07) is 1.73. The minimum Gasteiger partial charge on any atom is -0.472 e. The van der Waals surface area contributed by atoms with Gasteiger partial charge in [0.15, 0.2) is 11.7 Å². The van der Waals surface area contributed by atoms with E-state index in [0.29, 0.717) is 6.42 Å². The van der Waals surface area contributed by atoms with Gasteiger partial charge >= 0.3 is 23.9 Å². The summed E-state index contributed by atoms with van der Waals surface area (Å²) >= 11 is 0. The number of hydrogen-bond acceptors (Lipinski definition) is 12. The Morgan fingerprint density at radius 1 is 1.02 bits per heavy atom. The van der Waals surface area contributed by atoms with E-state index in [0.717, 1.165) is 26.3 Å². The second kappa shape index (κ2) is 9.99. The number of furan rings is 1. The Hall–Kier alpha value is -3.25. The molecule has 12 nitrogen and oxygen atoms in total. The SMILES string of the molecule is CC(=O)OC[C@@]12[C@@H](OC(C)=O)C(=O)[C@](C)(OC(C)=O)[C@](C)(CCc3ccoc3)[C@@]1(O)CC[C@H](OC(C)=O)[C@]21CO1. The van der Waals surface area contributed by atoms with Gasteiger partial charge in [0.2, 0.25) is 5.78 Å². The molecule has 0 bridgehead atoms. The Morgan fingerprint density at radius 2 is 1.68 bits per heavy atom. The average molecular weight is 565 g/mol. The first kappa shape index (κ1) is 29.7. The number of esters is 4. The first-order valence-electron chi connectivity index (χ1n) is 13.2. The molecule has 12 heteroatoms. The summed E-state index contributed by atoms with van der Waals surface area (Å²) in [5.41, 5.74) is -8.30. The summed E-state index contributed by atoms with van der Waals surface area (Å²) in [6.07, 6.45) is 0.687. The number of aryl methyl sites for hydroxylation is 1. The maximum absolute atomic E-state index is 14.6. The molecule has 1 aliphatic heterocycles. The highest BCUT2D eigenvalue weighted by Gasteiger charge is 2.89. The molecule has 7 atom stereocenters. The number of aliphatic hydroxyl groups is 1. The molecule has 0 unspecified atom stereocenters. The van der Waals surface area contributed by atoms with Crippen LogP contribution < -0.4 is 0 Å². The van der Waals surface area contributed by atoms with Crippen LogP contribution in [0.5, 0.6) is 0 Å². The van der Waals surface area contributed by atoms with Crippen molar-refractivity contribution >= 4 is 29.7 Å². The van der Waals surface area contributed by atoms with E-state index in [1.807, 2.05) is 0 Å². The Kier molecular flexibility index (Phi) is 7.42. The van der Waals surface area contributed by atoms with E-state index in [1.54, 1.807) is 13.0 Å². The fourth-order valence-corrected chi connectivity index (χ4v) is 7.23. The molecule has 0 radical (unpaired) electrons. The van der Waals surface area contributed by atoms with Crippen molar-refractivity contribution in [1.29, 1.82) is 0 Å². The van der Waals surface area contributed by atoms with Crippen LogP contribution in [-0.4, -0.2) is 77.0 Å². The van der Waals surface area contributed by atoms with Gasteiger partial charge in [-0.15, -0.1) is 0 Å². The van der Waals surface area contributed by atoms with E-state index >= 15 is 0 Å². The fraction of sp³-hybridized carbons (Fsp3) is 0.679. The Balaban J connectivity index is 2.02. The molecular weight excluding hydrogens is 528 g/mol. The molecule has 3 aliphatic rings.